The molecule has 2 unspecified atom stereocenters. The van der Waals surface area contributed by atoms with Gasteiger partial charge < -0.3 is 4.90 Å². The fourth-order valence-electron chi connectivity index (χ4n) is 4.74. The van der Waals surface area contributed by atoms with Gasteiger partial charge in [-0.25, -0.2) is 9.78 Å². The van der Waals surface area contributed by atoms with Crippen LogP contribution in [0.4, 0.5) is 9.93 Å². The number of aryl methyl sites for hydroxylation is 2. The summed E-state index contributed by atoms with van der Waals surface area (Å²) in [6.07, 6.45) is 1.04. The summed E-state index contributed by atoms with van der Waals surface area (Å²) < 4.78 is 0. The van der Waals surface area contributed by atoms with Crippen LogP contribution >= 0.6 is 11.3 Å². The summed E-state index contributed by atoms with van der Waals surface area (Å²) in [5, 5.41) is 12.9. The molecule has 2 aromatic heterocycles. The van der Waals surface area contributed by atoms with Gasteiger partial charge in [-0.2, -0.15) is 5.26 Å². The van der Waals surface area contributed by atoms with Crippen LogP contribution in [-0.2, 0) is 0 Å². The van der Waals surface area contributed by atoms with Crippen molar-refractivity contribution >= 4 is 22.5 Å². The standard InChI is InChI=1S/C24H24N6OS/c1-14-7-18(8-15(2)26-14)22-21(17-6-4-5-16(9-17)11-25)27-23(32-22)28-24(31)30-13-19-10-20(30)12-29(19)3/h4-9,19-20H,10,12-13H2,1-3H3,(H,27,28,31). The molecule has 8 heteroatoms. The van der Waals surface area contributed by atoms with E-state index in [9.17, 15) is 10.1 Å². The van der Waals surface area contributed by atoms with Crippen LogP contribution in [0.15, 0.2) is 36.4 Å². The number of amides is 2. The smallest absolute Gasteiger partial charge is 0.319 e. The van der Waals surface area contributed by atoms with Gasteiger partial charge in [-0.05, 0) is 57.1 Å². The van der Waals surface area contributed by atoms with Crippen molar-refractivity contribution in [2.45, 2.75) is 32.4 Å². The van der Waals surface area contributed by atoms with E-state index in [1.54, 1.807) is 6.07 Å². The molecule has 0 spiro atoms. The molecule has 7 nitrogen and oxygen atoms in total. The van der Waals surface area contributed by atoms with Crippen LogP contribution in [0.5, 0.6) is 0 Å². The van der Waals surface area contributed by atoms with Crippen molar-refractivity contribution in [3.63, 3.8) is 0 Å². The first kappa shape index (κ1) is 20.6. The van der Waals surface area contributed by atoms with E-state index in [0.29, 0.717) is 16.7 Å². The number of hydrogen-bond acceptors (Lipinski definition) is 6. The SMILES string of the molecule is Cc1cc(-c2sc(NC(=O)N3CC4CC3CN4C)nc2-c2cccc(C#N)c2)cc(C)n1. The number of nitrogens with one attached hydrogen (secondary N) is 1. The Morgan fingerprint density at radius 3 is 2.56 bits per heavy atom. The largest absolute Gasteiger partial charge is 0.323 e. The Balaban J connectivity index is 1.51. The lowest BCUT2D eigenvalue weighted by Gasteiger charge is -2.31. The normalized spacial score (nSPS) is 19.9. The average molecular weight is 445 g/mol. The van der Waals surface area contributed by atoms with Gasteiger partial charge in [-0.3, -0.25) is 15.2 Å². The fraction of sp³-hybridized carbons (Fsp3) is 0.333. The van der Waals surface area contributed by atoms with Crippen LogP contribution in [0.1, 0.15) is 23.4 Å². The maximum atomic E-state index is 13.0. The summed E-state index contributed by atoms with van der Waals surface area (Å²) in [4.78, 5) is 27.5. The number of carbonyl (C=O) groups is 1. The van der Waals surface area contributed by atoms with Crippen molar-refractivity contribution in [3.8, 4) is 27.8 Å². The Labute approximate surface area is 191 Å². The van der Waals surface area contributed by atoms with Crippen LogP contribution in [0.25, 0.3) is 21.7 Å². The maximum Gasteiger partial charge on any atom is 0.323 e. The Hall–Kier alpha value is -3.28. The molecule has 1 N–H and O–H groups in total. The molecular weight excluding hydrogens is 420 g/mol. The number of urea groups is 1. The zero-order chi connectivity index (χ0) is 22.4. The van der Waals surface area contributed by atoms with E-state index in [1.165, 1.54) is 11.3 Å². The molecule has 2 amide bonds. The molecule has 1 aromatic carbocycles. The van der Waals surface area contributed by atoms with E-state index in [0.717, 1.165) is 52.6 Å². The average Bonchev–Trinajstić information content (AvgIpc) is 3.47. The number of benzene rings is 1. The molecule has 2 saturated heterocycles. The number of likely N-dealkylation sites (tertiary alicyclic amines) is 2. The van der Waals surface area contributed by atoms with Crippen LogP contribution in [-0.4, -0.2) is 58.0 Å². The number of rotatable bonds is 3. The molecule has 2 fully saturated rings. The topological polar surface area (TPSA) is 85.2 Å². The minimum atomic E-state index is -0.0923. The minimum absolute atomic E-state index is 0.0923. The second-order valence-corrected chi connectivity index (χ2v) is 9.59. The van der Waals surface area contributed by atoms with Crippen molar-refractivity contribution < 1.29 is 4.79 Å². The summed E-state index contributed by atoms with van der Waals surface area (Å²) in [6.45, 7) is 5.61. The number of anilines is 1. The molecule has 2 atom stereocenters. The number of hydrogen-bond donors (Lipinski definition) is 1. The van der Waals surface area contributed by atoms with Crippen LogP contribution < -0.4 is 5.32 Å². The van der Waals surface area contributed by atoms with E-state index < -0.39 is 0 Å². The number of fused-ring (bicyclic) bond motifs is 2. The summed E-state index contributed by atoms with van der Waals surface area (Å²) in [6, 6.07) is 14.3. The van der Waals surface area contributed by atoms with Crippen molar-refractivity contribution in [2.24, 2.45) is 0 Å². The molecule has 4 heterocycles. The predicted octanol–water partition coefficient (Wildman–Crippen LogP) is 4.28. The van der Waals surface area contributed by atoms with Crippen molar-refractivity contribution in [2.75, 3.05) is 25.5 Å². The van der Waals surface area contributed by atoms with Gasteiger partial charge in [0, 0.05) is 42.1 Å². The first-order valence-electron chi connectivity index (χ1n) is 10.7. The molecule has 2 aliphatic heterocycles. The number of likely N-dealkylation sites (N-methyl/N-ethyl adjacent to an activating group) is 1. The second kappa shape index (κ2) is 8.01. The fourth-order valence-corrected chi connectivity index (χ4v) is 5.71. The number of nitriles is 1. The maximum absolute atomic E-state index is 13.0. The molecular formula is C24H24N6OS. The molecule has 162 valence electrons. The van der Waals surface area contributed by atoms with Crippen molar-refractivity contribution in [1.82, 2.24) is 19.8 Å². The molecule has 32 heavy (non-hydrogen) atoms. The van der Waals surface area contributed by atoms with Gasteiger partial charge in [0.25, 0.3) is 0 Å². The Bertz CT molecular complexity index is 1220. The van der Waals surface area contributed by atoms with Gasteiger partial charge in [0.05, 0.1) is 22.2 Å². The monoisotopic (exact) mass is 444 g/mol. The molecule has 2 aliphatic rings. The third-order valence-corrected chi connectivity index (χ3v) is 7.24. The third-order valence-electron chi connectivity index (χ3n) is 6.23. The number of carbonyl (C=O) groups excluding carboxylic acids is 1. The molecule has 3 aromatic rings. The van der Waals surface area contributed by atoms with E-state index in [2.05, 4.69) is 28.3 Å². The lowest BCUT2D eigenvalue weighted by atomic mass is 10.0. The second-order valence-electron chi connectivity index (χ2n) is 8.59. The van der Waals surface area contributed by atoms with Gasteiger partial charge in [0.15, 0.2) is 5.13 Å². The number of nitrogens with zero attached hydrogens (tertiary/aromatic N) is 5. The van der Waals surface area contributed by atoms with E-state index in [1.807, 2.05) is 49.1 Å². The molecule has 2 bridgehead atoms. The van der Waals surface area contributed by atoms with Gasteiger partial charge >= 0.3 is 6.03 Å². The minimum Gasteiger partial charge on any atom is -0.319 e. The van der Waals surface area contributed by atoms with Crippen LogP contribution in [0, 0.1) is 25.2 Å². The molecule has 0 aliphatic carbocycles. The number of thiazole rings is 1. The van der Waals surface area contributed by atoms with E-state index >= 15 is 0 Å². The summed E-state index contributed by atoms with van der Waals surface area (Å²) >= 11 is 1.46. The van der Waals surface area contributed by atoms with Gasteiger partial charge in [-0.15, -0.1) is 0 Å². The number of pyridine rings is 1. The number of aromatic nitrogens is 2. The van der Waals surface area contributed by atoms with Gasteiger partial charge in [-0.1, -0.05) is 23.5 Å². The summed E-state index contributed by atoms with van der Waals surface area (Å²) in [7, 11) is 2.12. The van der Waals surface area contributed by atoms with Gasteiger partial charge in [0.2, 0.25) is 0 Å². The highest BCUT2D eigenvalue weighted by Gasteiger charge is 2.43. The molecule has 0 radical (unpaired) electrons. The van der Waals surface area contributed by atoms with Gasteiger partial charge in [0.1, 0.15) is 0 Å². The highest BCUT2D eigenvalue weighted by atomic mass is 32.1. The summed E-state index contributed by atoms with van der Waals surface area (Å²) in [5.41, 5.74) is 5.04. The molecule has 5 rings (SSSR count). The third kappa shape index (κ3) is 3.74. The zero-order valence-electron chi connectivity index (χ0n) is 18.3. The molecule has 0 saturated carbocycles. The van der Waals surface area contributed by atoms with Crippen LogP contribution in [0.2, 0.25) is 0 Å². The zero-order valence-corrected chi connectivity index (χ0v) is 19.1. The van der Waals surface area contributed by atoms with Crippen molar-refractivity contribution in [1.29, 1.82) is 5.26 Å². The van der Waals surface area contributed by atoms with Crippen LogP contribution in [0.3, 0.4) is 0 Å². The van der Waals surface area contributed by atoms with Crippen molar-refractivity contribution in [3.05, 3.63) is 53.3 Å². The lowest BCUT2D eigenvalue weighted by Crippen LogP contribution is -2.48. The highest BCUT2D eigenvalue weighted by molar-refractivity contribution is 7.19. The summed E-state index contributed by atoms with van der Waals surface area (Å²) in [5.74, 6) is 0. The Morgan fingerprint density at radius 1 is 1.12 bits per heavy atom. The highest BCUT2D eigenvalue weighted by Crippen LogP contribution is 2.40. The first-order valence-corrected chi connectivity index (χ1v) is 11.5. The predicted molar refractivity (Wildman–Crippen MR) is 126 cm³/mol. The number of piperazine rings is 1. The Kier molecular flexibility index (Phi) is 5.16. The quantitative estimate of drug-likeness (QED) is 0.652. The van der Waals surface area contributed by atoms with E-state index in [4.69, 9.17) is 4.98 Å². The lowest BCUT2D eigenvalue weighted by molar-refractivity contribution is 0.161. The Morgan fingerprint density at radius 2 is 1.91 bits per heavy atom. The first-order chi connectivity index (χ1) is 15.4. The van der Waals surface area contributed by atoms with E-state index in [-0.39, 0.29) is 12.1 Å².